The number of phenolic OH excluding ortho intramolecular Hbond substituents is 1. The molecule has 0 saturated heterocycles. The number of carbonyl (C=O) groups excluding carboxylic acids is 1. The van der Waals surface area contributed by atoms with Gasteiger partial charge in [-0.25, -0.2) is 0 Å². The van der Waals surface area contributed by atoms with Crippen molar-refractivity contribution in [3.8, 4) is 5.75 Å². The fourth-order valence-electron chi connectivity index (χ4n) is 1.22. The number of halogens is 2. The van der Waals surface area contributed by atoms with Gasteiger partial charge in [-0.2, -0.15) is 0 Å². The molecule has 3 nitrogen and oxygen atoms in total. The molecule has 0 aliphatic rings. The van der Waals surface area contributed by atoms with Crippen molar-refractivity contribution < 1.29 is 9.90 Å². The Morgan fingerprint density at radius 3 is 2.59 bits per heavy atom. The molecule has 0 aliphatic heterocycles. The summed E-state index contributed by atoms with van der Waals surface area (Å²) in [7, 11) is 0. The Morgan fingerprint density at radius 2 is 2.00 bits per heavy atom. The van der Waals surface area contributed by atoms with Crippen LogP contribution >= 0.6 is 43.2 Å². The largest absolute Gasteiger partial charge is 0.506 e. The molecule has 1 amide bonds. The van der Waals surface area contributed by atoms with Crippen LogP contribution in [0.5, 0.6) is 5.75 Å². The fraction of sp³-hybridized carbons (Fsp3) is 0. The van der Waals surface area contributed by atoms with E-state index in [9.17, 15) is 9.90 Å². The number of hydrogen-bond acceptors (Lipinski definition) is 3. The molecule has 2 N–H and O–H groups in total. The summed E-state index contributed by atoms with van der Waals surface area (Å²) in [6.07, 6.45) is 0. The average molecular weight is 377 g/mol. The molecule has 0 bridgehead atoms. The first-order valence-electron chi connectivity index (χ1n) is 4.62. The first-order chi connectivity index (χ1) is 8.08. The van der Waals surface area contributed by atoms with E-state index in [4.69, 9.17) is 0 Å². The summed E-state index contributed by atoms with van der Waals surface area (Å²) in [5.74, 6) is -0.196. The molecule has 1 aromatic heterocycles. The number of carbonyl (C=O) groups is 1. The topological polar surface area (TPSA) is 49.3 Å². The number of rotatable bonds is 2. The highest BCUT2D eigenvalue weighted by atomic mass is 79.9. The molecule has 17 heavy (non-hydrogen) atoms. The van der Waals surface area contributed by atoms with Gasteiger partial charge in [-0.15, -0.1) is 11.3 Å². The van der Waals surface area contributed by atoms with Crippen molar-refractivity contribution in [2.45, 2.75) is 0 Å². The first-order valence-corrected chi connectivity index (χ1v) is 7.02. The molecular weight excluding hydrogens is 370 g/mol. The highest BCUT2D eigenvalue weighted by molar-refractivity contribution is 9.13. The lowest BCUT2D eigenvalue weighted by Crippen LogP contribution is -2.09. The SMILES string of the molecule is O=C(Nc1ccccc1O)c1cc(Br)c(Br)s1. The predicted octanol–water partition coefficient (Wildman–Crippen LogP) is 4.23. The zero-order chi connectivity index (χ0) is 12.4. The van der Waals surface area contributed by atoms with E-state index in [0.29, 0.717) is 10.6 Å². The molecule has 0 spiro atoms. The summed E-state index contributed by atoms with van der Waals surface area (Å²) in [4.78, 5) is 12.4. The van der Waals surface area contributed by atoms with Crippen molar-refractivity contribution in [2.75, 3.05) is 5.32 Å². The molecule has 88 valence electrons. The molecule has 0 fully saturated rings. The Morgan fingerprint density at radius 1 is 1.29 bits per heavy atom. The van der Waals surface area contributed by atoms with Gasteiger partial charge < -0.3 is 10.4 Å². The molecule has 2 rings (SSSR count). The Bertz CT molecular complexity index is 549. The van der Waals surface area contributed by atoms with Gasteiger partial charge >= 0.3 is 0 Å². The van der Waals surface area contributed by atoms with Crippen LogP contribution in [0.2, 0.25) is 0 Å². The smallest absolute Gasteiger partial charge is 0.265 e. The molecule has 0 radical (unpaired) electrons. The second-order valence-corrected chi connectivity index (χ2v) is 6.43. The Labute approximate surface area is 119 Å². The summed E-state index contributed by atoms with van der Waals surface area (Å²) in [6.45, 7) is 0. The molecule has 1 heterocycles. The van der Waals surface area contributed by atoms with Crippen molar-refractivity contribution in [1.82, 2.24) is 0 Å². The highest BCUT2D eigenvalue weighted by Crippen LogP contribution is 2.33. The molecule has 0 saturated carbocycles. The minimum Gasteiger partial charge on any atom is -0.506 e. The van der Waals surface area contributed by atoms with Gasteiger partial charge in [0.15, 0.2) is 0 Å². The Hall–Kier alpha value is -0.850. The second kappa shape index (κ2) is 5.20. The number of para-hydroxylation sites is 2. The van der Waals surface area contributed by atoms with E-state index in [-0.39, 0.29) is 11.7 Å². The average Bonchev–Trinajstić information content (AvgIpc) is 2.63. The van der Waals surface area contributed by atoms with Gasteiger partial charge in [0, 0.05) is 4.47 Å². The third-order valence-corrected chi connectivity index (χ3v) is 5.28. The summed E-state index contributed by atoms with van der Waals surface area (Å²) >= 11 is 7.97. The number of amides is 1. The standard InChI is InChI=1S/C11H7Br2NO2S/c12-6-5-9(17-10(6)13)11(16)14-7-3-1-2-4-8(7)15/h1-5,15H,(H,14,16). The number of anilines is 1. The van der Waals surface area contributed by atoms with Crippen molar-refractivity contribution in [2.24, 2.45) is 0 Å². The van der Waals surface area contributed by atoms with E-state index < -0.39 is 0 Å². The number of phenols is 1. The number of thiophene rings is 1. The number of aromatic hydroxyl groups is 1. The predicted molar refractivity (Wildman–Crippen MR) is 75.8 cm³/mol. The zero-order valence-corrected chi connectivity index (χ0v) is 12.4. The van der Waals surface area contributed by atoms with E-state index >= 15 is 0 Å². The van der Waals surface area contributed by atoms with Crippen LogP contribution in [0.3, 0.4) is 0 Å². The van der Waals surface area contributed by atoms with Crippen molar-refractivity contribution in [1.29, 1.82) is 0 Å². The van der Waals surface area contributed by atoms with E-state index in [0.717, 1.165) is 8.26 Å². The second-order valence-electron chi connectivity index (χ2n) is 3.20. The number of hydrogen-bond donors (Lipinski definition) is 2. The van der Waals surface area contributed by atoms with E-state index in [1.54, 1.807) is 24.3 Å². The van der Waals surface area contributed by atoms with Crippen LogP contribution < -0.4 is 5.32 Å². The molecule has 0 aliphatic carbocycles. The lowest BCUT2D eigenvalue weighted by molar-refractivity contribution is 0.103. The molecule has 0 atom stereocenters. The maximum Gasteiger partial charge on any atom is 0.265 e. The van der Waals surface area contributed by atoms with E-state index in [1.807, 2.05) is 0 Å². The Balaban J connectivity index is 2.20. The monoisotopic (exact) mass is 375 g/mol. The van der Waals surface area contributed by atoms with E-state index in [2.05, 4.69) is 37.2 Å². The normalized spacial score (nSPS) is 10.2. The fourth-order valence-corrected chi connectivity index (χ4v) is 3.15. The van der Waals surface area contributed by atoms with Gasteiger partial charge in [-0.1, -0.05) is 12.1 Å². The molecule has 0 unspecified atom stereocenters. The zero-order valence-electron chi connectivity index (χ0n) is 8.41. The highest BCUT2D eigenvalue weighted by Gasteiger charge is 2.13. The van der Waals surface area contributed by atoms with Crippen molar-refractivity contribution in [3.63, 3.8) is 0 Å². The van der Waals surface area contributed by atoms with Crippen LogP contribution in [0.1, 0.15) is 9.67 Å². The van der Waals surface area contributed by atoms with Gasteiger partial charge in [-0.05, 0) is 50.1 Å². The van der Waals surface area contributed by atoms with Gasteiger partial charge in [0.05, 0.1) is 14.4 Å². The molecule has 1 aromatic carbocycles. The van der Waals surface area contributed by atoms with Crippen LogP contribution in [-0.2, 0) is 0 Å². The van der Waals surface area contributed by atoms with E-state index in [1.165, 1.54) is 17.4 Å². The lowest BCUT2D eigenvalue weighted by Gasteiger charge is -2.04. The third kappa shape index (κ3) is 2.88. The third-order valence-electron chi connectivity index (χ3n) is 2.02. The quantitative estimate of drug-likeness (QED) is 0.770. The first kappa shape index (κ1) is 12.6. The Kier molecular flexibility index (Phi) is 3.86. The van der Waals surface area contributed by atoms with Crippen molar-refractivity contribution in [3.05, 3.63) is 43.5 Å². The van der Waals surface area contributed by atoms with Gasteiger partial charge in [-0.3, -0.25) is 4.79 Å². The molecule has 6 heteroatoms. The van der Waals surface area contributed by atoms with Gasteiger partial charge in [0.25, 0.3) is 5.91 Å². The summed E-state index contributed by atoms with van der Waals surface area (Å²) in [5.41, 5.74) is 0.401. The molecule has 2 aromatic rings. The minimum atomic E-state index is -0.247. The summed E-state index contributed by atoms with van der Waals surface area (Å²) < 4.78 is 1.70. The van der Waals surface area contributed by atoms with Crippen LogP contribution in [-0.4, -0.2) is 11.0 Å². The van der Waals surface area contributed by atoms with Gasteiger partial charge in [0.2, 0.25) is 0 Å². The molecular formula is C11H7Br2NO2S. The van der Waals surface area contributed by atoms with Crippen LogP contribution in [0.25, 0.3) is 0 Å². The minimum absolute atomic E-state index is 0.0514. The maximum absolute atomic E-state index is 11.9. The van der Waals surface area contributed by atoms with Gasteiger partial charge in [0.1, 0.15) is 5.75 Å². The number of benzene rings is 1. The maximum atomic E-state index is 11.9. The van der Waals surface area contributed by atoms with Crippen LogP contribution in [0, 0.1) is 0 Å². The van der Waals surface area contributed by atoms with Crippen LogP contribution in [0.4, 0.5) is 5.69 Å². The van der Waals surface area contributed by atoms with Crippen molar-refractivity contribution >= 4 is 54.8 Å². The summed E-state index contributed by atoms with van der Waals surface area (Å²) in [6, 6.07) is 8.34. The number of nitrogens with one attached hydrogen (secondary N) is 1. The lowest BCUT2D eigenvalue weighted by atomic mass is 10.3. The van der Waals surface area contributed by atoms with Crippen LogP contribution in [0.15, 0.2) is 38.6 Å². The summed E-state index contributed by atoms with van der Waals surface area (Å²) in [5, 5.41) is 12.2.